The Morgan fingerprint density at radius 2 is 2.39 bits per heavy atom. The summed E-state index contributed by atoms with van der Waals surface area (Å²) in [6.45, 7) is 1.65. The molecule has 2 rings (SSSR count). The zero-order valence-electron chi connectivity index (χ0n) is 10.4. The van der Waals surface area contributed by atoms with Crippen molar-refractivity contribution in [2.75, 3.05) is 26.9 Å². The molecule has 1 aliphatic rings. The zero-order valence-corrected chi connectivity index (χ0v) is 10.4. The van der Waals surface area contributed by atoms with Crippen LogP contribution in [-0.2, 0) is 11.3 Å². The summed E-state index contributed by atoms with van der Waals surface area (Å²) in [5.74, 6) is -0.126. The SMILES string of the molecule is COc1cccc(CNCC2(O)CCOC2)c1F. The van der Waals surface area contributed by atoms with Crippen molar-refractivity contribution in [3.05, 3.63) is 29.6 Å². The highest BCUT2D eigenvalue weighted by molar-refractivity contribution is 5.30. The van der Waals surface area contributed by atoms with Crippen LogP contribution in [0.1, 0.15) is 12.0 Å². The zero-order chi connectivity index (χ0) is 13.0. The number of rotatable bonds is 5. The third-order valence-corrected chi connectivity index (χ3v) is 3.12. The number of hydrogen-bond acceptors (Lipinski definition) is 4. The average Bonchev–Trinajstić information content (AvgIpc) is 2.79. The number of benzene rings is 1. The molecule has 100 valence electrons. The fourth-order valence-electron chi connectivity index (χ4n) is 2.02. The number of aliphatic hydroxyl groups is 1. The molecule has 0 aliphatic carbocycles. The van der Waals surface area contributed by atoms with Crippen molar-refractivity contribution in [3.63, 3.8) is 0 Å². The lowest BCUT2D eigenvalue weighted by molar-refractivity contribution is 0.0268. The summed E-state index contributed by atoms with van der Waals surface area (Å²) in [5.41, 5.74) is -0.299. The van der Waals surface area contributed by atoms with E-state index in [2.05, 4.69) is 5.32 Å². The molecule has 1 atom stereocenters. The summed E-state index contributed by atoms with van der Waals surface area (Å²) in [5, 5.41) is 13.1. The molecule has 18 heavy (non-hydrogen) atoms. The molecule has 5 heteroatoms. The van der Waals surface area contributed by atoms with E-state index in [4.69, 9.17) is 9.47 Å². The van der Waals surface area contributed by atoms with Gasteiger partial charge in [0.05, 0.1) is 13.7 Å². The molecule has 1 heterocycles. The molecule has 1 aromatic rings. The van der Waals surface area contributed by atoms with E-state index in [1.165, 1.54) is 7.11 Å². The second kappa shape index (κ2) is 5.65. The molecule has 0 amide bonds. The van der Waals surface area contributed by atoms with Gasteiger partial charge in [-0.2, -0.15) is 0 Å². The van der Waals surface area contributed by atoms with E-state index in [9.17, 15) is 9.50 Å². The predicted octanol–water partition coefficient (Wildman–Crippen LogP) is 1.08. The minimum atomic E-state index is -0.824. The molecule has 0 aromatic heterocycles. The molecule has 4 nitrogen and oxygen atoms in total. The van der Waals surface area contributed by atoms with E-state index in [1.54, 1.807) is 18.2 Å². The summed E-state index contributed by atoms with van der Waals surface area (Å²) < 4.78 is 23.9. The standard InChI is InChI=1S/C13H18FNO3/c1-17-11-4-2-3-10(12(11)14)7-15-8-13(16)5-6-18-9-13/h2-4,15-16H,5-9H2,1H3. The van der Waals surface area contributed by atoms with Crippen molar-refractivity contribution in [2.24, 2.45) is 0 Å². The van der Waals surface area contributed by atoms with E-state index >= 15 is 0 Å². The van der Waals surface area contributed by atoms with Gasteiger partial charge in [-0.05, 0) is 6.07 Å². The smallest absolute Gasteiger partial charge is 0.169 e. The van der Waals surface area contributed by atoms with Crippen LogP contribution in [0.2, 0.25) is 0 Å². The van der Waals surface area contributed by atoms with Crippen molar-refractivity contribution >= 4 is 0 Å². The number of hydrogen-bond donors (Lipinski definition) is 2. The minimum Gasteiger partial charge on any atom is -0.494 e. The Balaban J connectivity index is 1.90. The summed E-state index contributed by atoms with van der Waals surface area (Å²) in [4.78, 5) is 0. The molecule has 1 unspecified atom stereocenters. The minimum absolute atomic E-state index is 0.234. The van der Waals surface area contributed by atoms with Gasteiger partial charge in [-0.3, -0.25) is 0 Å². The molecule has 0 bridgehead atoms. The van der Waals surface area contributed by atoms with E-state index in [1.807, 2.05) is 0 Å². The Labute approximate surface area is 106 Å². The van der Waals surface area contributed by atoms with Gasteiger partial charge >= 0.3 is 0 Å². The van der Waals surface area contributed by atoms with E-state index < -0.39 is 5.60 Å². The maximum atomic E-state index is 13.8. The van der Waals surface area contributed by atoms with E-state index in [-0.39, 0.29) is 11.6 Å². The molecule has 2 N–H and O–H groups in total. The van der Waals surface area contributed by atoms with Crippen molar-refractivity contribution in [1.29, 1.82) is 0 Å². The van der Waals surface area contributed by atoms with Gasteiger partial charge in [0, 0.05) is 31.7 Å². The lowest BCUT2D eigenvalue weighted by Crippen LogP contribution is -2.40. The van der Waals surface area contributed by atoms with Gasteiger partial charge in [-0.15, -0.1) is 0 Å². The van der Waals surface area contributed by atoms with Crippen molar-refractivity contribution in [2.45, 2.75) is 18.6 Å². The summed E-state index contributed by atoms with van der Waals surface area (Å²) in [6.07, 6.45) is 0.612. The van der Waals surface area contributed by atoms with Gasteiger partial charge in [0.15, 0.2) is 11.6 Å². The van der Waals surface area contributed by atoms with Crippen LogP contribution < -0.4 is 10.1 Å². The summed E-state index contributed by atoms with van der Waals surface area (Å²) in [6, 6.07) is 5.02. The molecule has 0 spiro atoms. The lowest BCUT2D eigenvalue weighted by atomic mass is 10.0. The van der Waals surface area contributed by atoms with Gasteiger partial charge in [-0.25, -0.2) is 4.39 Å². The van der Waals surface area contributed by atoms with Gasteiger partial charge in [0.25, 0.3) is 0 Å². The lowest BCUT2D eigenvalue weighted by Gasteiger charge is -2.20. The number of ether oxygens (including phenoxy) is 2. The molecule has 1 aliphatic heterocycles. The second-order valence-corrected chi connectivity index (χ2v) is 4.56. The first-order valence-electron chi connectivity index (χ1n) is 5.97. The van der Waals surface area contributed by atoms with Gasteiger partial charge in [-0.1, -0.05) is 12.1 Å². The maximum absolute atomic E-state index is 13.8. The van der Waals surface area contributed by atoms with Crippen molar-refractivity contribution in [3.8, 4) is 5.75 Å². The molecule has 1 aromatic carbocycles. The Morgan fingerprint density at radius 3 is 3.06 bits per heavy atom. The summed E-state index contributed by atoms with van der Waals surface area (Å²) >= 11 is 0. The highest BCUT2D eigenvalue weighted by Gasteiger charge is 2.31. The molecular formula is C13H18FNO3. The van der Waals surface area contributed by atoms with Crippen LogP contribution in [0.3, 0.4) is 0 Å². The number of nitrogens with one attached hydrogen (secondary N) is 1. The van der Waals surface area contributed by atoms with E-state index in [0.29, 0.717) is 38.3 Å². The van der Waals surface area contributed by atoms with Crippen molar-refractivity contribution < 1.29 is 19.0 Å². The molecular weight excluding hydrogens is 237 g/mol. The molecule has 0 radical (unpaired) electrons. The Morgan fingerprint density at radius 1 is 1.56 bits per heavy atom. The molecule has 1 saturated heterocycles. The van der Waals surface area contributed by atoms with E-state index in [0.717, 1.165) is 0 Å². The van der Waals surface area contributed by atoms with Crippen LogP contribution in [0.15, 0.2) is 18.2 Å². The monoisotopic (exact) mass is 255 g/mol. The highest BCUT2D eigenvalue weighted by Crippen LogP contribution is 2.20. The predicted molar refractivity (Wildman–Crippen MR) is 65.0 cm³/mol. The molecule has 1 fully saturated rings. The maximum Gasteiger partial charge on any atom is 0.169 e. The number of halogens is 1. The van der Waals surface area contributed by atoms with Crippen LogP contribution in [0, 0.1) is 5.82 Å². The average molecular weight is 255 g/mol. The fourth-order valence-corrected chi connectivity index (χ4v) is 2.02. The summed E-state index contributed by atoms with van der Waals surface area (Å²) in [7, 11) is 1.44. The molecule has 0 saturated carbocycles. The second-order valence-electron chi connectivity index (χ2n) is 4.56. The largest absolute Gasteiger partial charge is 0.494 e. The van der Waals surface area contributed by atoms with Gasteiger partial charge < -0.3 is 19.9 Å². The normalized spacial score (nSPS) is 23.3. The topological polar surface area (TPSA) is 50.7 Å². The third kappa shape index (κ3) is 2.98. The first-order valence-corrected chi connectivity index (χ1v) is 5.97. The van der Waals surface area contributed by atoms with Crippen LogP contribution in [0.25, 0.3) is 0 Å². The van der Waals surface area contributed by atoms with Crippen LogP contribution in [0.5, 0.6) is 5.75 Å². The first-order chi connectivity index (χ1) is 8.64. The first kappa shape index (κ1) is 13.3. The number of methoxy groups -OCH3 is 1. The Hall–Kier alpha value is -1.17. The van der Waals surface area contributed by atoms with Crippen LogP contribution in [0.4, 0.5) is 4.39 Å². The quantitative estimate of drug-likeness (QED) is 0.826. The third-order valence-electron chi connectivity index (χ3n) is 3.12. The van der Waals surface area contributed by atoms with Gasteiger partial charge in [0.2, 0.25) is 0 Å². The van der Waals surface area contributed by atoms with Gasteiger partial charge in [0.1, 0.15) is 5.60 Å². The Kier molecular flexibility index (Phi) is 4.16. The van der Waals surface area contributed by atoms with Crippen LogP contribution in [-0.4, -0.2) is 37.6 Å². The van der Waals surface area contributed by atoms with Crippen molar-refractivity contribution in [1.82, 2.24) is 5.32 Å². The van der Waals surface area contributed by atoms with Crippen LogP contribution >= 0.6 is 0 Å². The Bertz CT molecular complexity index is 405. The highest BCUT2D eigenvalue weighted by atomic mass is 19.1. The fraction of sp³-hybridized carbons (Fsp3) is 0.538.